The van der Waals surface area contributed by atoms with Crippen LogP contribution in [0.15, 0.2) is 0 Å². The van der Waals surface area contributed by atoms with E-state index in [9.17, 15) is 14.4 Å². The van der Waals surface area contributed by atoms with Crippen LogP contribution in [0.5, 0.6) is 0 Å². The van der Waals surface area contributed by atoms with E-state index in [1.54, 1.807) is 18.7 Å². The number of nitrogens with one attached hydrogen (secondary N) is 1. The van der Waals surface area contributed by atoms with E-state index in [1.807, 2.05) is 27.7 Å². The minimum absolute atomic E-state index is 0.182. The van der Waals surface area contributed by atoms with Gasteiger partial charge in [-0.1, -0.05) is 27.7 Å². The van der Waals surface area contributed by atoms with Gasteiger partial charge in [-0.25, -0.2) is 4.79 Å². The molecule has 1 aliphatic heterocycles. The molecule has 0 unspecified atom stereocenters. The molecule has 21 heavy (non-hydrogen) atoms. The van der Waals surface area contributed by atoms with Gasteiger partial charge in [0.15, 0.2) is 0 Å². The fraction of sp³-hybridized carbons (Fsp3) is 0.800. The van der Waals surface area contributed by atoms with Crippen molar-refractivity contribution in [3.05, 3.63) is 0 Å². The topological polar surface area (TPSA) is 69.7 Å². The van der Waals surface area contributed by atoms with Crippen LogP contribution in [0, 0.1) is 11.8 Å². The molecule has 0 aromatic rings. The van der Waals surface area contributed by atoms with Crippen LogP contribution in [0.1, 0.15) is 41.5 Å². The Labute approximate surface area is 126 Å². The lowest BCUT2D eigenvalue weighted by atomic mass is 10.1. The van der Waals surface area contributed by atoms with Crippen LogP contribution in [0.25, 0.3) is 0 Å². The van der Waals surface area contributed by atoms with Gasteiger partial charge in [0.2, 0.25) is 5.91 Å². The van der Waals surface area contributed by atoms with E-state index in [1.165, 1.54) is 0 Å². The first-order chi connectivity index (χ1) is 9.54. The quantitative estimate of drug-likeness (QED) is 0.755. The number of urea groups is 1. The minimum Gasteiger partial charge on any atom is -0.341 e. The first-order valence-corrected chi connectivity index (χ1v) is 7.46. The summed E-state index contributed by atoms with van der Waals surface area (Å²) in [6.07, 6.45) is 0. The van der Waals surface area contributed by atoms with Crippen molar-refractivity contribution in [3.63, 3.8) is 0 Å². The Hall–Kier alpha value is -1.59. The average Bonchev–Trinajstić information content (AvgIpc) is 2.49. The number of imide groups is 1. The van der Waals surface area contributed by atoms with Crippen molar-refractivity contribution < 1.29 is 14.4 Å². The molecule has 0 radical (unpaired) electrons. The molecule has 1 saturated heterocycles. The number of amides is 4. The second-order valence-corrected chi connectivity index (χ2v) is 7.03. The lowest BCUT2D eigenvalue weighted by molar-refractivity contribution is -0.139. The number of hydrogen-bond acceptors (Lipinski definition) is 3. The summed E-state index contributed by atoms with van der Waals surface area (Å²) in [5.41, 5.74) is -0.932. The van der Waals surface area contributed by atoms with Gasteiger partial charge in [-0.3, -0.25) is 14.5 Å². The zero-order chi connectivity index (χ0) is 16.4. The smallest absolute Gasteiger partial charge is 0.325 e. The summed E-state index contributed by atoms with van der Waals surface area (Å²) in [5, 5.41) is 2.59. The summed E-state index contributed by atoms with van der Waals surface area (Å²) in [7, 11) is 0. The van der Waals surface area contributed by atoms with Crippen molar-refractivity contribution in [3.8, 4) is 0 Å². The largest absolute Gasteiger partial charge is 0.341 e. The predicted octanol–water partition coefficient (Wildman–Crippen LogP) is 1.46. The maximum absolute atomic E-state index is 12.4. The molecule has 1 rings (SSSR count). The first-order valence-electron chi connectivity index (χ1n) is 7.46. The number of nitrogens with zero attached hydrogens (tertiary/aromatic N) is 2. The number of carbonyl (C=O) groups excluding carboxylic acids is 3. The molecule has 1 N–H and O–H groups in total. The van der Waals surface area contributed by atoms with E-state index in [0.29, 0.717) is 24.9 Å². The Morgan fingerprint density at radius 1 is 1.14 bits per heavy atom. The van der Waals surface area contributed by atoms with Crippen LogP contribution in [0.3, 0.4) is 0 Å². The van der Waals surface area contributed by atoms with Crippen molar-refractivity contribution in [1.82, 2.24) is 15.1 Å². The highest BCUT2D eigenvalue weighted by Crippen LogP contribution is 2.17. The van der Waals surface area contributed by atoms with Gasteiger partial charge in [0.05, 0.1) is 0 Å². The van der Waals surface area contributed by atoms with Crippen LogP contribution in [0.4, 0.5) is 4.79 Å². The van der Waals surface area contributed by atoms with Gasteiger partial charge in [0.25, 0.3) is 5.91 Å². The highest BCUT2D eigenvalue weighted by Gasteiger charge is 2.45. The molecule has 1 aliphatic rings. The first kappa shape index (κ1) is 17.5. The Balaban J connectivity index is 2.77. The second kappa shape index (κ2) is 6.45. The molecule has 0 aliphatic carbocycles. The van der Waals surface area contributed by atoms with Crippen LogP contribution in [0.2, 0.25) is 0 Å². The molecule has 0 saturated carbocycles. The molecular formula is C15H27N3O3. The molecule has 120 valence electrons. The summed E-state index contributed by atoms with van der Waals surface area (Å²) in [6, 6.07) is -0.493. The highest BCUT2D eigenvalue weighted by atomic mass is 16.2. The van der Waals surface area contributed by atoms with Crippen molar-refractivity contribution in [2.24, 2.45) is 11.8 Å². The Morgan fingerprint density at radius 3 is 1.95 bits per heavy atom. The Bertz CT molecular complexity index is 420. The SMILES string of the molecule is CC(C)CN(CC(C)C)C(=O)CN1C(=O)NC(C)(C)C1=O. The molecular weight excluding hydrogens is 270 g/mol. The third-order valence-electron chi connectivity index (χ3n) is 3.26. The summed E-state index contributed by atoms with van der Waals surface area (Å²) in [4.78, 5) is 39.1. The second-order valence-electron chi connectivity index (χ2n) is 7.03. The molecule has 0 aromatic heterocycles. The summed E-state index contributed by atoms with van der Waals surface area (Å²) in [5.74, 6) is 0.146. The molecule has 6 nitrogen and oxygen atoms in total. The van der Waals surface area contributed by atoms with Crippen LogP contribution < -0.4 is 5.32 Å². The van der Waals surface area contributed by atoms with Gasteiger partial charge in [-0.15, -0.1) is 0 Å². The van der Waals surface area contributed by atoms with Gasteiger partial charge in [-0.2, -0.15) is 0 Å². The van der Waals surface area contributed by atoms with Crippen LogP contribution in [-0.2, 0) is 9.59 Å². The van der Waals surface area contributed by atoms with Crippen molar-refractivity contribution >= 4 is 17.8 Å². The van der Waals surface area contributed by atoms with E-state index in [4.69, 9.17) is 0 Å². The molecule has 0 aromatic carbocycles. The van der Waals surface area contributed by atoms with Crippen LogP contribution >= 0.6 is 0 Å². The van der Waals surface area contributed by atoms with E-state index in [0.717, 1.165) is 4.90 Å². The Kier molecular flexibility index (Phi) is 5.36. The molecule has 1 heterocycles. The molecule has 0 spiro atoms. The third-order valence-corrected chi connectivity index (χ3v) is 3.26. The maximum atomic E-state index is 12.4. The molecule has 1 fully saturated rings. The number of hydrogen-bond donors (Lipinski definition) is 1. The minimum atomic E-state index is -0.932. The third kappa shape index (κ3) is 4.44. The number of carbonyl (C=O) groups is 3. The lowest BCUT2D eigenvalue weighted by Crippen LogP contribution is -2.46. The average molecular weight is 297 g/mol. The van der Waals surface area contributed by atoms with E-state index < -0.39 is 11.6 Å². The van der Waals surface area contributed by atoms with E-state index in [2.05, 4.69) is 5.32 Å². The van der Waals surface area contributed by atoms with Crippen molar-refractivity contribution in [1.29, 1.82) is 0 Å². The fourth-order valence-corrected chi connectivity index (χ4v) is 2.36. The zero-order valence-electron chi connectivity index (χ0n) is 13.9. The molecule has 0 bridgehead atoms. The normalized spacial score (nSPS) is 17.6. The van der Waals surface area contributed by atoms with Gasteiger partial charge >= 0.3 is 6.03 Å². The molecule has 0 atom stereocenters. The van der Waals surface area contributed by atoms with Gasteiger partial charge in [0.1, 0.15) is 12.1 Å². The van der Waals surface area contributed by atoms with E-state index >= 15 is 0 Å². The van der Waals surface area contributed by atoms with Gasteiger partial charge < -0.3 is 10.2 Å². The molecule has 6 heteroatoms. The van der Waals surface area contributed by atoms with Gasteiger partial charge in [-0.05, 0) is 25.7 Å². The monoisotopic (exact) mass is 297 g/mol. The van der Waals surface area contributed by atoms with Gasteiger partial charge in [0, 0.05) is 13.1 Å². The predicted molar refractivity (Wildman–Crippen MR) is 80.6 cm³/mol. The molecule has 4 amide bonds. The lowest BCUT2D eigenvalue weighted by Gasteiger charge is -2.28. The van der Waals surface area contributed by atoms with Crippen molar-refractivity contribution in [2.45, 2.75) is 47.1 Å². The van der Waals surface area contributed by atoms with Crippen LogP contribution in [-0.4, -0.2) is 52.8 Å². The summed E-state index contributed by atoms with van der Waals surface area (Å²) in [6.45, 7) is 12.5. The Morgan fingerprint density at radius 2 is 1.62 bits per heavy atom. The zero-order valence-corrected chi connectivity index (χ0v) is 13.9. The maximum Gasteiger partial charge on any atom is 0.325 e. The van der Waals surface area contributed by atoms with E-state index in [-0.39, 0.29) is 18.4 Å². The summed E-state index contributed by atoms with van der Waals surface area (Å²) < 4.78 is 0. The summed E-state index contributed by atoms with van der Waals surface area (Å²) >= 11 is 0. The standard InChI is InChI=1S/C15H27N3O3/c1-10(2)7-17(8-11(3)4)12(19)9-18-13(20)15(5,6)16-14(18)21/h10-11H,7-9H2,1-6H3,(H,16,21). The fourth-order valence-electron chi connectivity index (χ4n) is 2.36. The number of rotatable bonds is 6. The highest BCUT2D eigenvalue weighted by molar-refractivity contribution is 6.08. The van der Waals surface area contributed by atoms with Crippen molar-refractivity contribution in [2.75, 3.05) is 19.6 Å².